The number of aromatic nitrogens is 3. The maximum absolute atomic E-state index is 13.0. The number of benzene rings is 2. The van der Waals surface area contributed by atoms with E-state index < -0.39 is 11.7 Å². The Morgan fingerprint density at radius 2 is 1.77 bits per heavy atom. The van der Waals surface area contributed by atoms with Gasteiger partial charge in [0.2, 0.25) is 0 Å². The molecule has 0 amide bonds. The second kappa shape index (κ2) is 13.2. The molecule has 0 saturated carbocycles. The van der Waals surface area contributed by atoms with Gasteiger partial charge in [0, 0.05) is 74.6 Å². The number of fused-ring (bicyclic) bond motifs is 1. The quantitative estimate of drug-likeness (QED) is 0.293. The summed E-state index contributed by atoms with van der Waals surface area (Å²) in [5.74, 6) is 6.92. The zero-order chi connectivity index (χ0) is 28.5. The van der Waals surface area contributed by atoms with E-state index in [4.69, 9.17) is 0 Å². The zero-order valence-electron chi connectivity index (χ0n) is 22.2. The van der Waals surface area contributed by atoms with Gasteiger partial charge in [-0.1, -0.05) is 42.3 Å². The first-order chi connectivity index (χ1) is 19.3. The number of nitrogens with zero attached hydrogens (tertiary/aromatic N) is 5. The van der Waals surface area contributed by atoms with Crippen LogP contribution >= 0.6 is 0 Å². The fourth-order valence-corrected chi connectivity index (χ4v) is 4.23. The van der Waals surface area contributed by atoms with Crippen LogP contribution in [0.5, 0.6) is 0 Å². The van der Waals surface area contributed by atoms with Gasteiger partial charge in [-0.3, -0.25) is 14.7 Å². The molecule has 40 heavy (non-hydrogen) atoms. The first kappa shape index (κ1) is 28.7. The van der Waals surface area contributed by atoms with Crippen LogP contribution in [0, 0.1) is 11.8 Å². The number of anilines is 1. The number of aldehydes is 1. The molecule has 0 bridgehead atoms. The Labute approximate surface area is 231 Å². The first-order valence-corrected chi connectivity index (χ1v) is 12.7. The fourth-order valence-electron chi connectivity index (χ4n) is 4.23. The molecule has 5 rings (SSSR count). The van der Waals surface area contributed by atoms with Crippen molar-refractivity contribution in [2.75, 3.05) is 45.6 Å². The summed E-state index contributed by atoms with van der Waals surface area (Å²) in [7, 11) is 3.81. The lowest BCUT2D eigenvalue weighted by Crippen LogP contribution is -2.44. The number of hydrogen-bond acceptors (Lipinski definition) is 7. The van der Waals surface area contributed by atoms with Gasteiger partial charge in [-0.15, -0.1) is 0 Å². The molecule has 2 aromatic heterocycles. The molecule has 0 aliphatic carbocycles. The Kier molecular flexibility index (Phi) is 9.43. The van der Waals surface area contributed by atoms with Crippen molar-refractivity contribution in [3.8, 4) is 11.8 Å². The van der Waals surface area contributed by atoms with Crippen LogP contribution in [0.25, 0.3) is 10.8 Å². The highest BCUT2D eigenvalue weighted by molar-refractivity contribution is 5.87. The Hall–Kier alpha value is -4.33. The zero-order valence-corrected chi connectivity index (χ0v) is 22.2. The third kappa shape index (κ3) is 7.62. The number of alkyl halides is 3. The number of piperazine rings is 1. The predicted octanol–water partition coefficient (Wildman–Crippen LogP) is 4.73. The monoisotopic (exact) mass is 546 g/mol. The van der Waals surface area contributed by atoms with Crippen LogP contribution < -0.4 is 5.32 Å². The molecular formula is C30H29F3N6O. The Morgan fingerprint density at radius 3 is 2.50 bits per heavy atom. The number of likely N-dealkylation sites (N-methyl/N-ethyl adjacent to an activating group) is 1. The highest BCUT2D eigenvalue weighted by Crippen LogP contribution is 2.33. The molecule has 1 saturated heterocycles. The van der Waals surface area contributed by atoms with Gasteiger partial charge in [0.25, 0.3) is 0 Å². The Bertz CT molecular complexity index is 1520. The SMILES string of the molecule is CN1CCN(Cc2ccc(C=O)cc2C(F)(F)F)CC1.CNc1cc(C#Cc2cncc3ccccc23)ncn1. The predicted molar refractivity (Wildman–Crippen MR) is 149 cm³/mol. The van der Waals surface area contributed by atoms with Crippen molar-refractivity contribution in [2.45, 2.75) is 12.7 Å². The van der Waals surface area contributed by atoms with E-state index in [1.807, 2.05) is 55.5 Å². The molecule has 2 aromatic carbocycles. The molecular weight excluding hydrogens is 517 g/mol. The van der Waals surface area contributed by atoms with Gasteiger partial charge in [0.05, 0.1) is 11.1 Å². The molecule has 4 aromatic rings. The second-order valence-corrected chi connectivity index (χ2v) is 9.31. The highest BCUT2D eigenvalue weighted by atomic mass is 19.4. The topological polar surface area (TPSA) is 74.2 Å². The van der Waals surface area contributed by atoms with Crippen molar-refractivity contribution in [3.63, 3.8) is 0 Å². The van der Waals surface area contributed by atoms with E-state index in [1.165, 1.54) is 18.5 Å². The van der Waals surface area contributed by atoms with Crippen molar-refractivity contribution >= 4 is 22.9 Å². The number of rotatable bonds is 4. The molecule has 0 radical (unpaired) electrons. The second-order valence-electron chi connectivity index (χ2n) is 9.31. The summed E-state index contributed by atoms with van der Waals surface area (Å²) in [6, 6.07) is 13.6. The molecule has 0 unspecified atom stereocenters. The Morgan fingerprint density at radius 1 is 1.00 bits per heavy atom. The summed E-state index contributed by atoms with van der Waals surface area (Å²) in [5, 5.41) is 5.14. The largest absolute Gasteiger partial charge is 0.416 e. The fraction of sp³-hybridized carbons (Fsp3) is 0.267. The lowest BCUT2D eigenvalue weighted by molar-refractivity contribution is -0.138. The molecule has 0 spiro atoms. The van der Waals surface area contributed by atoms with Crippen molar-refractivity contribution in [3.05, 3.63) is 95.2 Å². The number of nitrogens with one attached hydrogen (secondary N) is 1. The Balaban J connectivity index is 0.000000185. The summed E-state index contributed by atoms with van der Waals surface area (Å²) in [6.45, 7) is 3.48. The molecule has 3 heterocycles. The molecule has 1 aliphatic rings. The lowest BCUT2D eigenvalue weighted by atomic mass is 10.0. The third-order valence-electron chi connectivity index (χ3n) is 6.48. The number of pyridine rings is 1. The van der Waals surface area contributed by atoms with Gasteiger partial charge in [0.1, 0.15) is 24.1 Å². The normalized spacial score (nSPS) is 14.0. The minimum absolute atomic E-state index is 0.0550. The van der Waals surface area contributed by atoms with Crippen LogP contribution in [0.3, 0.4) is 0 Å². The van der Waals surface area contributed by atoms with Crippen LogP contribution in [0.4, 0.5) is 19.0 Å². The summed E-state index contributed by atoms with van der Waals surface area (Å²) >= 11 is 0. The van der Waals surface area contributed by atoms with E-state index in [0.29, 0.717) is 12.0 Å². The summed E-state index contributed by atoms with van der Waals surface area (Å²) in [6.07, 6.45) is 1.12. The number of halogens is 3. The number of hydrogen-bond donors (Lipinski definition) is 1. The molecule has 10 heteroatoms. The minimum atomic E-state index is -4.43. The number of carbonyl (C=O) groups excluding carboxylic acids is 1. The highest BCUT2D eigenvalue weighted by Gasteiger charge is 2.34. The van der Waals surface area contributed by atoms with Gasteiger partial charge in [-0.25, -0.2) is 9.97 Å². The molecule has 1 aliphatic heterocycles. The molecule has 1 N–H and O–H groups in total. The lowest BCUT2D eigenvalue weighted by Gasteiger charge is -2.32. The van der Waals surface area contributed by atoms with E-state index in [2.05, 4.69) is 37.0 Å². The van der Waals surface area contributed by atoms with Crippen molar-refractivity contribution in [1.82, 2.24) is 24.8 Å². The summed E-state index contributed by atoms with van der Waals surface area (Å²) in [4.78, 5) is 27.2. The third-order valence-corrected chi connectivity index (χ3v) is 6.48. The van der Waals surface area contributed by atoms with Crippen molar-refractivity contribution in [1.29, 1.82) is 0 Å². The van der Waals surface area contributed by atoms with E-state index in [0.717, 1.165) is 54.4 Å². The van der Waals surface area contributed by atoms with Gasteiger partial charge >= 0.3 is 6.18 Å². The van der Waals surface area contributed by atoms with Crippen molar-refractivity contribution in [2.24, 2.45) is 0 Å². The molecule has 7 nitrogen and oxygen atoms in total. The van der Waals surface area contributed by atoms with Crippen LogP contribution in [0.15, 0.2) is 67.3 Å². The van der Waals surface area contributed by atoms with Gasteiger partial charge in [-0.05, 0) is 24.6 Å². The molecule has 206 valence electrons. The summed E-state index contributed by atoms with van der Waals surface area (Å²) < 4.78 is 39.1. The van der Waals surface area contributed by atoms with Crippen LogP contribution in [0.1, 0.15) is 32.7 Å². The van der Waals surface area contributed by atoms with Gasteiger partial charge < -0.3 is 10.2 Å². The van der Waals surface area contributed by atoms with Crippen molar-refractivity contribution < 1.29 is 18.0 Å². The smallest absolute Gasteiger partial charge is 0.373 e. The van der Waals surface area contributed by atoms with Crippen LogP contribution in [-0.2, 0) is 12.7 Å². The maximum Gasteiger partial charge on any atom is 0.416 e. The van der Waals surface area contributed by atoms with Gasteiger partial charge in [-0.2, -0.15) is 13.2 Å². The van der Waals surface area contributed by atoms with Crippen LogP contribution in [0.2, 0.25) is 0 Å². The minimum Gasteiger partial charge on any atom is -0.373 e. The average Bonchev–Trinajstić information content (AvgIpc) is 2.97. The molecule has 1 fully saturated rings. The van der Waals surface area contributed by atoms with E-state index >= 15 is 0 Å². The number of carbonyl (C=O) groups is 1. The summed E-state index contributed by atoms with van der Waals surface area (Å²) in [5.41, 5.74) is 1.15. The standard InChI is InChI=1S/C16H12N4.C14H17F3N2O/c1-17-16-8-14(19-11-20-16)7-6-13-10-18-9-12-4-2-3-5-15(12)13;1-18-4-6-19(7-5-18)9-12-3-2-11(10-20)8-13(12)14(15,16)17/h2-5,8-11H,1H3,(H,17,19,20);2-3,8,10H,4-7,9H2,1H3. The van der Waals surface area contributed by atoms with Gasteiger partial charge in [0.15, 0.2) is 0 Å². The van der Waals surface area contributed by atoms with Crippen LogP contribution in [-0.4, -0.2) is 71.3 Å². The van der Waals surface area contributed by atoms with E-state index in [9.17, 15) is 18.0 Å². The molecule has 0 atom stereocenters. The van der Waals surface area contributed by atoms with E-state index in [1.54, 1.807) is 6.20 Å². The first-order valence-electron chi connectivity index (χ1n) is 12.7. The average molecular weight is 547 g/mol. The maximum atomic E-state index is 13.0. The van der Waals surface area contributed by atoms with E-state index in [-0.39, 0.29) is 17.7 Å².